The van der Waals surface area contributed by atoms with Crippen LogP contribution < -0.4 is 5.32 Å². The third-order valence-corrected chi connectivity index (χ3v) is 4.80. The summed E-state index contributed by atoms with van der Waals surface area (Å²) in [5.41, 5.74) is 4.34. The van der Waals surface area contributed by atoms with Crippen LogP contribution in [0.15, 0.2) is 48.9 Å². The highest BCUT2D eigenvalue weighted by Crippen LogP contribution is 2.32. The monoisotopic (exact) mass is 348 g/mol. The van der Waals surface area contributed by atoms with Crippen molar-refractivity contribution in [2.24, 2.45) is 7.05 Å². The summed E-state index contributed by atoms with van der Waals surface area (Å²) < 4.78 is 1.86. The van der Waals surface area contributed by atoms with E-state index >= 15 is 0 Å². The van der Waals surface area contributed by atoms with E-state index in [0.29, 0.717) is 6.04 Å². The molecule has 6 nitrogen and oxygen atoms in total. The zero-order chi connectivity index (χ0) is 17.9. The number of hydrogen-bond acceptors (Lipinski definition) is 5. The maximum absolute atomic E-state index is 4.72. The molecule has 4 rings (SSSR count). The summed E-state index contributed by atoms with van der Waals surface area (Å²) in [6.45, 7) is 4.02. The van der Waals surface area contributed by atoms with Gasteiger partial charge in [0.05, 0.1) is 29.8 Å². The van der Waals surface area contributed by atoms with Crippen molar-refractivity contribution in [1.82, 2.24) is 24.6 Å². The predicted molar refractivity (Wildman–Crippen MR) is 102 cm³/mol. The van der Waals surface area contributed by atoms with Crippen molar-refractivity contribution in [3.05, 3.63) is 65.9 Å². The molecule has 1 fully saturated rings. The van der Waals surface area contributed by atoms with Crippen molar-refractivity contribution in [3.63, 3.8) is 0 Å². The Bertz CT molecular complexity index is 870. The first-order valence-corrected chi connectivity index (χ1v) is 9.05. The van der Waals surface area contributed by atoms with E-state index < -0.39 is 0 Å². The minimum Gasteiger partial charge on any atom is -0.339 e. The van der Waals surface area contributed by atoms with Crippen LogP contribution in [0.2, 0.25) is 0 Å². The molecule has 4 heterocycles. The maximum Gasteiger partial charge on any atom is 0.130 e. The second kappa shape index (κ2) is 7.25. The van der Waals surface area contributed by atoms with E-state index in [2.05, 4.69) is 38.6 Å². The van der Waals surface area contributed by atoms with Gasteiger partial charge in [-0.15, -0.1) is 0 Å². The van der Waals surface area contributed by atoms with Gasteiger partial charge in [0.1, 0.15) is 5.82 Å². The highest BCUT2D eigenvalue weighted by atomic mass is 15.2. The SMILES string of the molecule is Cc1cccc(Nc2ccc(C3CCCN3Cc3cnn(C)c3)nc2)n1. The molecule has 0 bridgehead atoms. The second-order valence-electron chi connectivity index (χ2n) is 6.91. The third kappa shape index (κ3) is 3.75. The zero-order valence-electron chi connectivity index (χ0n) is 15.3. The van der Waals surface area contributed by atoms with Gasteiger partial charge in [-0.25, -0.2) is 4.98 Å². The van der Waals surface area contributed by atoms with Gasteiger partial charge in [-0.3, -0.25) is 14.6 Å². The number of nitrogens with zero attached hydrogens (tertiary/aromatic N) is 5. The summed E-state index contributed by atoms with van der Waals surface area (Å²) in [5, 5.41) is 7.59. The van der Waals surface area contributed by atoms with Crippen LogP contribution in [0, 0.1) is 6.92 Å². The lowest BCUT2D eigenvalue weighted by atomic mass is 10.1. The Hall–Kier alpha value is -2.73. The lowest BCUT2D eigenvalue weighted by Crippen LogP contribution is -2.23. The van der Waals surface area contributed by atoms with Gasteiger partial charge >= 0.3 is 0 Å². The quantitative estimate of drug-likeness (QED) is 0.763. The number of rotatable bonds is 5. The number of anilines is 2. The summed E-state index contributed by atoms with van der Waals surface area (Å²) in [5.74, 6) is 0.846. The fraction of sp³-hybridized carbons (Fsp3) is 0.350. The van der Waals surface area contributed by atoms with Crippen molar-refractivity contribution in [3.8, 4) is 0 Å². The van der Waals surface area contributed by atoms with Crippen molar-refractivity contribution in [1.29, 1.82) is 0 Å². The molecule has 1 saturated heterocycles. The van der Waals surface area contributed by atoms with E-state index in [-0.39, 0.29) is 0 Å². The molecule has 1 atom stereocenters. The molecule has 0 radical (unpaired) electrons. The van der Waals surface area contributed by atoms with Gasteiger partial charge in [-0.05, 0) is 50.6 Å². The number of aromatic nitrogens is 4. The van der Waals surface area contributed by atoms with Crippen LogP contribution in [0.4, 0.5) is 11.5 Å². The highest BCUT2D eigenvalue weighted by molar-refractivity contribution is 5.55. The van der Waals surface area contributed by atoms with Gasteiger partial charge in [0.15, 0.2) is 0 Å². The smallest absolute Gasteiger partial charge is 0.130 e. The molecule has 26 heavy (non-hydrogen) atoms. The molecular formula is C20H24N6. The van der Waals surface area contributed by atoms with Crippen molar-refractivity contribution < 1.29 is 0 Å². The van der Waals surface area contributed by atoms with Crippen LogP contribution in [0.5, 0.6) is 0 Å². The van der Waals surface area contributed by atoms with Crippen LogP contribution in [0.25, 0.3) is 0 Å². The second-order valence-corrected chi connectivity index (χ2v) is 6.91. The van der Waals surface area contributed by atoms with E-state index in [1.54, 1.807) is 0 Å². The van der Waals surface area contributed by atoms with Gasteiger partial charge in [-0.2, -0.15) is 5.10 Å². The number of hydrogen-bond donors (Lipinski definition) is 1. The van der Waals surface area contributed by atoms with Crippen molar-refractivity contribution >= 4 is 11.5 Å². The van der Waals surface area contributed by atoms with Gasteiger partial charge in [-0.1, -0.05) is 6.07 Å². The van der Waals surface area contributed by atoms with Gasteiger partial charge in [0.25, 0.3) is 0 Å². The summed E-state index contributed by atoms with van der Waals surface area (Å²) in [6, 6.07) is 10.6. The van der Waals surface area contributed by atoms with Crippen LogP contribution in [-0.2, 0) is 13.6 Å². The molecule has 0 spiro atoms. The molecule has 0 aromatic carbocycles. The molecular weight excluding hydrogens is 324 g/mol. The minimum absolute atomic E-state index is 0.376. The van der Waals surface area contributed by atoms with Crippen molar-refractivity contribution in [2.45, 2.75) is 32.4 Å². The molecule has 6 heteroatoms. The minimum atomic E-state index is 0.376. The normalized spacial score (nSPS) is 17.5. The average molecular weight is 348 g/mol. The van der Waals surface area contributed by atoms with Crippen LogP contribution >= 0.6 is 0 Å². The Labute approximate surface area is 153 Å². The van der Waals surface area contributed by atoms with Crippen molar-refractivity contribution in [2.75, 3.05) is 11.9 Å². The molecule has 1 aliphatic heterocycles. The molecule has 1 N–H and O–H groups in total. The summed E-state index contributed by atoms with van der Waals surface area (Å²) >= 11 is 0. The number of likely N-dealkylation sites (tertiary alicyclic amines) is 1. The average Bonchev–Trinajstić information content (AvgIpc) is 3.25. The van der Waals surface area contributed by atoms with Crippen LogP contribution in [0.3, 0.4) is 0 Å². The molecule has 1 unspecified atom stereocenters. The van der Waals surface area contributed by atoms with E-state index in [9.17, 15) is 0 Å². The maximum atomic E-state index is 4.72. The third-order valence-electron chi connectivity index (χ3n) is 4.80. The van der Waals surface area contributed by atoms with E-state index in [1.807, 2.05) is 49.2 Å². The number of pyridine rings is 2. The molecule has 3 aromatic rings. The molecule has 3 aromatic heterocycles. The summed E-state index contributed by atoms with van der Waals surface area (Å²) in [7, 11) is 1.96. The largest absolute Gasteiger partial charge is 0.339 e. The Morgan fingerprint density at radius 2 is 2.12 bits per heavy atom. The van der Waals surface area contributed by atoms with E-state index in [1.165, 1.54) is 12.0 Å². The molecule has 0 aliphatic carbocycles. The molecule has 0 saturated carbocycles. The lowest BCUT2D eigenvalue weighted by Gasteiger charge is -2.23. The first-order chi connectivity index (χ1) is 12.7. The lowest BCUT2D eigenvalue weighted by molar-refractivity contribution is 0.244. The molecule has 0 amide bonds. The number of aryl methyl sites for hydroxylation is 2. The van der Waals surface area contributed by atoms with E-state index in [0.717, 1.165) is 42.4 Å². The Balaban J connectivity index is 1.45. The van der Waals surface area contributed by atoms with Crippen LogP contribution in [0.1, 0.15) is 35.8 Å². The highest BCUT2D eigenvalue weighted by Gasteiger charge is 2.27. The number of nitrogens with one attached hydrogen (secondary N) is 1. The first-order valence-electron chi connectivity index (χ1n) is 9.05. The molecule has 1 aliphatic rings. The van der Waals surface area contributed by atoms with Gasteiger partial charge in [0, 0.05) is 31.0 Å². The Kier molecular flexibility index (Phi) is 4.67. The fourth-order valence-corrected chi connectivity index (χ4v) is 3.58. The van der Waals surface area contributed by atoms with E-state index in [4.69, 9.17) is 4.98 Å². The fourth-order valence-electron chi connectivity index (χ4n) is 3.58. The standard InChI is InChI=1S/C20H24N6/c1-15-5-3-7-20(23-15)24-17-8-9-18(21-12-17)19-6-4-10-26(19)14-16-11-22-25(2)13-16/h3,5,7-9,11-13,19H,4,6,10,14H2,1-2H3,(H,23,24). The zero-order valence-corrected chi connectivity index (χ0v) is 15.3. The van der Waals surface area contributed by atoms with Crippen LogP contribution in [-0.4, -0.2) is 31.2 Å². The van der Waals surface area contributed by atoms with Gasteiger partial charge < -0.3 is 5.32 Å². The topological polar surface area (TPSA) is 58.9 Å². The Morgan fingerprint density at radius 3 is 2.85 bits per heavy atom. The summed E-state index contributed by atoms with van der Waals surface area (Å²) in [6.07, 6.45) is 8.30. The predicted octanol–water partition coefficient (Wildman–Crippen LogP) is 3.60. The Morgan fingerprint density at radius 1 is 1.19 bits per heavy atom. The molecule has 134 valence electrons. The summed E-state index contributed by atoms with van der Waals surface area (Å²) in [4.78, 5) is 11.7. The van der Waals surface area contributed by atoms with Gasteiger partial charge in [0.2, 0.25) is 0 Å². The first kappa shape index (κ1) is 16.7.